The number of methoxy groups -OCH3 is 1. The molecule has 0 saturated heterocycles. The number of amides is 1. The minimum absolute atomic E-state index is 0.00893. The first kappa shape index (κ1) is 12.7. The van der Waals surface area contributed by atoms with E-state index in [-0.39, 0.29) is 17.3 Å². The van der Waals surface area contributed by atoms with Gasteiger partial charge in [-0.3, -0.25) is 4.79 Å². The largest absolute Gasteiger partial charge is 0.495 e. The van der Waals surface area contributed by atoms with Crippen molar-refractivity contribution in [3.63, 3.8) is 0 Å². The molecule has 0 saturated carbocycles. The molecule has 0 fully saturated rings. The van der Waals surface area contributed by atoms with Crippen molar-refractivity contribution in [2.75, 3.05) is 12.4 Å². The number of hydrogen-bond donors (Lipinski definition) is 2. The Labute approximate surface area is 104 Å². The van der Waals surface area contributed by atoms with Crippen LogP contribution in [0.15, 0.2) is 18.2 Å². The summed E-state index contributed by atoms with van der Waals surface area (Å²) in [6.07, 6.45) is -0.00893. The van der Waals surface area contributed by atoms with Crippen molar-refractivity contribution in [1.82, 2.24) is 0 Å². The van der Waals surface area contributed by atoms with Crippen LogP contribution in [0.2, 0.25) is 5.02 Å². The molecule has 0 radical (unpaired) electrons. The molecular formula is C10H11ClN2O2S. The third kappa shape index (κ3) is 3.67. The summed E-state index contributed by atoms with van der Waals surface area (Å²) in [6, 6.07) is 4.93. The Hall–Kier alpha value is -1.33. The molecule has 0 heterocycles. The number of thiocarbonyl (C=S) groups is 1. The van der Waals surface area contributed by atoms with Gasteiger partial charge in [-0.1, -0.05) is 23.8 Å². The molecule has 16 heavy (non-hydrogen) atoms. The lowest BCUT2D eigenvalue weighted by Gasteiger charge is -2.10. The highest BCUT2D eigenvalue weighted by Crippen LogP contribution is 2.27. The van der Waals surface area contributed by atoms with Crippen molar-refractivity contribution in [2.24, 2.45) is 5.73 Å². The lowest BCUT2D eigenvalue weighted by molar-refractivity contribution is -0.115. The van der Waals surface area contributed by atoms with Gasteiger partial charge in [0.05, 0.1) is 24.2 Å². The predicted molar refractivity (Wildman–Crippen MR) is 68.0 cm³/mol. The van der Waals surface area contributed by atoms with Crippen LogP contribution in [0, 0.1) is 0 Å². The second-order valence-electron chi connectivity index (χ2n) is 3.04. The fourth-order valence-electron chi connectivity index (χ4n) is 1.13. The van der Waals surface area contributed by atoms with E-state index in [1.807, 2.05) is 0 Å². The Balaban J connectivity index is 2.83. The van der Waals surface area contributed by atoms with Crippen molar-refractivity contribution in [3.8, 4) is 5.75 Å². The third-order valence-corrected chi connectivity index (χ3v) is 2.15. The molecule has 1 amide bonds. The van der Waals surface area contributed by atoms with E-state index in [1.54, 1.807) is 18.2 Å². The lowest BCUT2D eigenvalue weighted by Crippen LogP contribution is -2.20. The molecule has 6 heteroatoms. The van der Waals surface area contributed by atoms with Crippen LogP contribution in [-0.4, -0.2) is 18.0 Å². The van der Waals surface area contributed by atoms with Gasteiger partial charge >= 0.3 is 0 Å². The molecule has 0 unspecified atom stereocenters. The number of nitrogens with one attached hydrogen (secondary N) is 1. The summed E-state index contributed by atoms with van der Waals surface area (Å²) in [5, 5.41) is 3.12. The van der Waals surface area contributed by atoms with Gasteiger partial charge in [0.2, 0.25) is 5.91 Å². The van der Waals surface area contributed by atoms with Gasteiger partial charge in [-0.2, -0.15) is 0 Å². The molecule has 0 bridgehead atoms. The third-order valence-electron chi connectivity index (χ3n) is 1.77. The summed E-state index contributed by atoms with van der Waals surface area (Å²) in [4.78, 5) is 11.6. The molecule has 1 aromatic rings. The summed E-state index contributed by atoms with van der Waals surface area (Å²) in [5.74, 6) is 0.230. The van der Waals surface area contributed by atoms with Gasteiger partial charge in [-0.05, 0) is 18.2 Å². The number of halogens is 1. The summed E-state index contributed by atoms with van der Waals surface area (Å²) in [6.45, 7) is 0. The fourth-order valence-corrected chi connectivity index (χ4v) is 1.43. The van der Waals surface area contributed by atoms with E-state index in [2.05, 4.69) is 17.5 Å². The molecule has 4 nitrogen and oxygen atoms in total. The van der Waals surface area contributed by atoms with E-state index in [1.165, 1.54) is 7.11 Å². The molecule has 1 rings (SSSR count). The molecule has 0 atom stereocenters. The summed E-state index contributed by atoms with van der Waals surface area (Å²) in [5.41, 5.74) is 5.76. The van der Waals surface area contributed by atoms with Gasteiger partial charge in [0.1, 0.15) is 5.75 Å². The smallest absolute Gasteiger partial charge is 0.231 e. The second-order valence-corrected chi connectivity index (χ2v) is 4.00. The van der Waals surface area contributed by atoms with Gasteiger partial charge in [0, 0.05) is 5.02 Å². The predicted octanol–water partition coefficient (Wildman–Crippen LogP) is 1.96. The number of rotatable bonds is 4. The van der Waals surface area contributed by atoms with Gasteiger partial charge < -0.3 is 15.8 Å². The molecule has 3 N–H and O–H groups in total. The normalized spacial score (nSPS) is 9.62. The first-order valence-electron chi connectivity index (χ1n) is 4.44. The van der Waals surface area contributed by atoms with E-state index >= 15 is 0 Å². The Bertz CT molecular complexity index is 423. The van der Waals surface area contributed by atoms with Crippen LogP contribution in [-0.2, 0) is 4.79 Å². The van der Waals surface area contributed by atoms with E-state index in [0.29, 0.717) is 16.5 Å². The van der Waals surface area contributed by atoms with Crippen LogP contribution in [0.1, 0.15) is 6.42 Å². The van der Waals surface area contributed by atoms with Crippen LogP contribution in [0.3, 0.4) is 0 Å². The van der Waals surface area contributed by atoms with Crippen molar-refractivity contribution in [1.29, 1.82) is 0 Å². The van der Waals surface area contributed by atoms with Crippen molar-refractivity contribution in [2.45, 2.75) is 6.42 Å². The maximum atomic E-state index is 11.4. The Kier molecular flexibility index (Phi) is 4.52. The standard InChI is InChI=1S/C10H11ClN2O2S/c1-15-8-3-2-6(11)4-7(8)13-10(14)5-9(12)16/h2-4H,5H2,1H3,(H2,12,16)(H,13,14). The van der Waals surface area contributed by atoms with Crippen LogP contribution in [0.5, 0.6) is 5.75 Å². The van der Waals surface area contributed by atoms with E-state index in [4.69, 9.17) is 22.1 Å². The van der Waals surface area contributed by atoms with E-state index in [0.717, 1.165) is 0 Å². The van der Waals surface area contributed by atoms with Crippen LogP contribution in [0.25, 0.3) is 0 Å². The highest BCUT2D eigenvalue weighted by molar-refractivity contribution is 7.80. The molecule has 0 aromatic heterocycles. The molecule has 0 spiro atoms. The minimum atomic E-state index is -0.298. The zero-order chi connectivity index (χ0) is 12.1. The van der Waals surface area contributed by atoms with Crippen molar-refractivity contribution >= 4 is 40.4 Å². The number of ether oxygens (including phenoxy) is 1. The first-order valence-corrected chi connectivity index (χ1v) is 5.23. The molecule has 86 valence electrons. The average molecular weight is 259 g/mol. The summed E-state index contributed by atoms with van der Waals surface area (Å²) in [7, 11) is 1.51. The maximum absolute atomic E-state index is 11.4. The van der Waals surface area contributed by atoms with Crippen LogP contribution in [0.4, 0.5) is 5.69 Å². The van der Waals surface area contributed by atoms with Gasteiger partial charge in [-0.15, -0.1) is 0 Å². The number of carbonyl (C=O) groups is 1. The van der Waals surface area contributed by atoms with Crippen molar-refractivity contribution in [3.05, 3.63) is 23.2 Å². The second kappa shape index (κ2) is 5.67. The quantitative estimate of drug-likeness (QED) is 0.811. The topological polar surface area (TPSA) is 64.3 Å². The highest BCUT2D eigenvalue weighted by Gasteiger charge is 2.08. The van der Waals surface area contributed by atoms with Gasteiger partial charge in [-0.25, -0.2) is 0 Å². The zero-order valence-corrected chi connectivity index (χ0v) is 10.2. The number of hydrogen-bond acceptors (Lipinski definition) is 3. The number of benzene rings is 1. The average Bonchev–Trinajstić information content (AvgIpc) is 2.16. The highest BCUT2D eigenvalue weighted by atomic mass is 35.5. The van der Waals surface area contributed by atoms with E-state index in [9.17, 15) is 4.79 Å². The fraction of sp³-hybridized carbons (Fsp3) is 0.200. The van der Waals surface area contributed by atoms with Gasteiger partial charge in [0.15, 0.2) is 0 Å². The van der Waals surface area contributed by atoms with Crippen LogP contribution >= 0.6 is 23.8 Å². The molecule has 1 aromatic carbocycles. The number of anilines is 1. The lowest BCUT2D eigenvalue weighted by atomic mass is 10.2. The first-order chi connectivity index (χ1) is 7.52. The maximum Gasteiger partial charge on any atom is 0.231 e. The van der Waals surface area contributed by atoms with Gasteiger partial charge in [0.25, 0.3) is 0 Å². The summed E-state index contributed by atoms with van der Waals surface area (Å²) < 4.78 is 5.07. The molecule has 0 aliphatic carbocycles. The Morgan fingerprint density at radius 3 is 2.88 bits per heavy atom. The Morgan fingerprint density at radius 1 is 1.62 bits per heavy atom. The Morgan fingerprint density at radius 2 is 2.31 bits per heavy atom. The molecule has 0 aliphatic rings. The number of nitrogens with two attached hydrogens (primary N) is 1. The number of carbonyl (C=O) groups excluding carboxylic acids is 1. The van der Waals surface area contributed by atoms with E-state index < -0.39 is 0 Å². The molecule has 0 aliphatic heterocycles. The minimum Gasteiger partial charge on any atom is -0.495 e. The SMILES string of the molecule is COc1ccc(Cl)cc1NC(=O)CC(N)=S. The monoisotopic (exact) mass is 258 g/mol. The zero-order valence-electron chi connectivity index (χ0n) is 8.62. The van der Waals surface area contributed by atoms with Crippen LogP contribution < -0.4 is 15.8 Å². The van der Waals surface area contributed by atoms with Crippen molar-refractivity contribution < 1.29 is 9.53 Å². The molecular weight excluding hydrogens is 248 g/mol. The summed E-state index contributed by atoms with van der Waals surface area (Å²) >= 11 is 10.4.